The van der Waals surface area contributed by atoms with Crippen LogP contribution in [-0.2, 0) is 6.54 Å². The van der Waals surface area contributed by atoms with Crippen LogP contribution in [0.5, 0.6) is 5.75 Å². The Hall–Kier alpha value is -3.61. The predicted octanol–water partition coefficient (Wildman–Crippen LogP) is 5.20. The molecule has 0 fully saturated rings. The molecule has 2 aromatic heterocycles. The van der Waals surface area contributed by atoms with Crippen molar-refractivity contribution >= 4 is 33.8 Å². The van der Waals surface area contributed by atoms with E-state index in [1.807, 2.05) is 30.3 Å². The summed E-state index contributed by atoms with van der Waals surface area (Å²) in [6, 6.07) is 14.5. The minimum atomic E-state index is -0.686. The number of aryl methyl sites for hydroxylation is 1. The lowest BCUT2D eigenvalue weighted by Gasteiger charge is -2.14. The van der Waals surface area contributed by atoms with Gasteiger partial charge >= 0.3 is 0 Å². The van der Waals surface area contributed by atoms with Crippen LogP contribution in [0.1, 0.15) is 55.8 Å². The number of nitrogens with one attached hydrogen (secondary N) is 2. The van der Waals surface area contributed by atoms with Gasteiger partial charge in [-0.3, -0.25) is 14.9 Å². The van der Waals surface area contributed by atoms with E-state index in [0.717, 1.165) is 24.8 Å². The number of para-hydroxylation sites is 3. The third-order valence-electron chi connectivity index (χ3n) is 5.73. The van der Waals surface area contributed by atoms with Crippen LogP contribution in [0.25, 0.3) is 21.9 Å². The quantitative estimate of drug-likeness (QED) is 0.317. The number of aromatic amines is 1. The number of rotatable bonds is 9. The van der Waals surface area contributed by atoms with Crippen molar-refractivity contribution in [2.75, 3.05) is 5.32 Å². The van der Waals surface area contributed by atoms with E-state index in [-0.39, 0.29) is 17.3 Å². The van der Waals surface area contributed by atoms with Crippen LogP contribution in [0, 0.1) is 0 Å². The van der Waals surface area contributed by atoms with Crippen LogP contribution >= 0.6 is 0 Å². The lowest BCUT2D eigenvalue weighted by molar-refractivity contribution is 0.102. The van der Waals surface area contributed by atoms with Crippen LogP contribution in [0.4, 0.5) is 5.95 Å². The van der Waals surface area contributed by atoms with Crippen molar-refractivity contribution in [3.8, 4) is 5.75 Å². The Bertz CT molecular complexity index is 1270. The fraction of sp³-hybridized carbons (Fsp3) is 0.320. The largest absolute Gasteiger partial charge is 0.506 e. The summed E-state index contributed by atoms with van der Waals surface area (Å²) in [6.45, 7) is 2.68. The van der Waals surface area contributed by atoms with Crippen LogP contribution < -0.4 is 10.9 Å². The normalized spacial score (nSPS) is 11.3. The van der Waals surface area contributed by atoms with E-state index in [4.69, 9.17) is 0 Å². The maximum Gasteiger partial charge on any atom is 0.267 e. The summed E-state index contributed by atoms with van der Waals surface area (Å²) in [5, 5.41) is 13.9. The number of anilines is 1. The molecule has 0 aliphatic carbocycles. The average molecular weight is 433 g/mol. The fourth-order valence-corrected chi connectivity index (χ4v) is 4.05. The number of unbranched alkanes of at least 4 members (excludes halogenated alkanes) is 5. The number of imidazole rings is 1. The number of aromatic nitrogens is 3. The topological polar surface area (TPSA) is 100 Å². The molecule has 0 aliphatic heterocycles. The van der Waals surface area contributed by atoms with E-state index in [1.54, 1.807) is 22.8 Å². The third kappa shape index (κ3) is 4.37. The zero-order valence-electron chi connectivity index (χ0n) is 18.2. The summed E-state index contributed by atoms with van der Waals surface area (Å²) in [7, 11) is 0. The molecule has 0 radical (unpaired) electrons. The Morgan fingerprint density at radius 1 is 1.03 bits per heavy atom. The number of carbonyl (C=O) groups excluding carboxylic acids is 1. The van der Waals surface area contributed by atoms with Crippen molar-refractivity contribution in [3.05, 3.63) is 64.4 Å². The molecule has 0 aliphatic rings. The molecule has 1 amide bonds. The van der Waals surface area contributed by atoms with Crippen molar-refractivity contribution in [2.45, 2.75) is 52.0 Å². The Morgan fingerprint density at radius 2 is 1.75 bits per heavy atom. The van der Waals surface area contributed by atoms with E-state index in [0.29, 0.717) is 23.0 Å². The molecule has 0 atom stereocenters. The highest BCUT2D eigenvalue weighted by Gasteiger charge is 2.23. The van der Waals surface area contributed by atoms with Gasteiger partial charge in [0, 0.05) is 11.9 Å². The zero-order chi connectivity index (χ0) is 22.5. The molecule has 166 valence electrons. The average Bonchev–Trinajstić information content (AvgIpc) is 3.20. The van der Waals surface area contributed by atoms with Crippen molar-refractivity contribution in [3.63, 3.8) is 0 Å². The van der Waals surface area contributed by atoms with Gasteiger partial charge in [0.1, 0.15) is 11.3 Å². The smallest absolute Gasteiger partial charge is 0.267 e. The highest BCUT2D eigenvalue weighted by atomic mass is 16.3. The van der Waals surface area contributed by atoms with Crippen LogP contribution in [-0.4, -0.2) is 25.5 Å². The molecule has 32 heavy (non-hydrogen) atoms. The maximum absolute atomic E-state index is 13.3. The molecule has 0 saturated carbocycles. The number of nitrogens with zero attached hydrogens (tertiary/aromatic N) is 2. The first-order valence-corrected chi connectivity index (χ1v) is 11.2. The summed E-state index contributed by atoms with van der Waals surface area (Å²) >= 11 is 0. The Labute approximate surface area is 186 Å². The molecule has 4 rings (SSSR count). The fourth-order valence-electron chi connectivity index (χ4n) is 4.05. The Morgan fingerprint density at radius 3 is 2.56 bits per heavy atom. The SMILES string of the molecule is CCCCCCCCn1c(=O)c(C(=O)Nc2nc3ccccc3[nH]2)c(O)c2ccccc21. The molecular formula is C25H28N4O3. The molecule has 0 saturated heterocycles. The lowest BCUT2D eigenvalue weighted by atomic mass is 10.1. The van der Waals surface area contributed by atoms with E-state index in [9.17, 15) is 14.7 Å². The number of carbonyl (C=O) groups is 1. The van der Waals surface area contributed by atoms with Crippen molar-refractivity contribution in [1.29, 1.82) is 0 Å². The first kappa shape index (κ1) is 21.6. The van der Waals surface area contributed by atoms with E-state index >= 15 is 0 Å². The summed E-state index contributed by atoms with van der Waals surface area (Å²) in [5.41, 5.74) is 1.33. The number of hydrogen-bond donors (Lipinski definition) is 3. The van der Waals surface area contributed by atoms with Gasteiger partial charge in [-0.15, -0.1) is 0 Å². The minimum absolute atomic E-state index is 0.227. The minimum Gasteiger partial charge on any atom is -0.506 e. The van der Waals surface area contributed by atoms with Gasteiger partial charge in [0.15, 0.2) is 0 Å². The Kier molecular flexibility index (Phi) is 6.54. The molecule has 7 heteroatoms. The number of aromatic hydroxyl groups is 1. The van der Waals surface area contributed by atoms with Crippen molar-refractivity contribution in [2.24, 2.45) is 0 Å². The summed E-state index contributed by atoms with van der Waals surface area (Å²) < 4.78 is 1.60. The highest BCUT2D eigenvalue weighted by Crippen LogP contribution is 2.27. The van der Waals surface area contributed by atoms with Crippen LogP contribution in [0.3, 0.4) is 0 Å². The second-order valence-electron chi connectivity index (χ2n) is 8.02. The molecule has 3 N–H and O–H groups in total. The number of benzene rings is 2. The predicted molar refractivity (Wildman–Crippen MR) is 127 cm³/mol. The van der Waals surface area contributed by atoms with Gasteiger partial charge in [-0.25, -0.2) is 4.98 Å². The van der Waals surface area contributed by atoms with E-state index in [1.165, 1.54) is 19.3 Å². The molecule has 7 nitrogen and oxygen atoms in total. The highest BCUT2D eigenvalue weighted by molar-refractivity contribution is 6.08. The third-order valence-corrected chi connectivity index (χ3v) is 5.73. The second kappa shape index (κ2) is 9.68. The van der Waals surface area contributed by atoms with Gasteiger partial charge < -0.3 is 14.7 Å². The van der Waals surface area contributed by atoms with Crippen molar-refractivity contribution < 1.29 is 9.90 Å². The zero-order valence-corrected chi connectivity index (χ0v) is 18.2. The van der Waals surface area contributed by atoms with Crippen LogP contribution in [0.15, 0.2) is 53.3 Å². The van der Waals surface area contributed by atoms with Crippen LogP contribution in [0.2, 0.25) is 0 Å². The maximum atomic E-state index is 13.3. The second-order valence-corrected chi connectivity index (χ2v) is 8.02. The molecule has 2 heterocycles. The first-order valence-electron chi connectivity index (χ1n) is 11.2. The molecule has 4 aromatic rings. The lowest BCUT2D eigenvalue weighted by Crippen LogP contribution is -2.30. The van der Waals surface area contributed by atoms with E-state index < -0.39 is 11.5 Å². The van der Waals surface area contributed by atoms with Gasteiger partial charge in [0.05, 0.1) is 16.6 Å². The summed E-state index contributed by atoms with van der Waals surface area (Å²) in [4.78, 5) is 33.7. The molecular weight excluding hydrogens is 404 g/mol. The van der Waals surface area contributed by atoms with E-state index in [2.05, 4.69) is 22.2 Å². The van der Waals surface area contributed by atoms with Gasteiger partial charge in [-0.2, -0.15) is 0 Å². The van der Waals surface area contributed by atoms with Gasteiger partial charge in [0.25, 0.3) is 11.5 Å². The van der Waals surface area contributed by atoms with Gasteiger partial charge in [0.2, 0.25) is 5.95 Å². The first-order chi connectivity index (χ1) is 15.6. The molecule has 2 aromatic carbocycles. The van der Waals surface area contributed by atoms with Gasteiger partial charge in [-0.05, 0) is 30.7 Å². The van der Waals surface area contributed by atoms with Crippen molar-refractivity contribution in [1.82, 2.24) is 14.5 Å². The number of hydrogen-bond acceptors (Lipinski definition) is 4. The summed E-state index contributed by atoms with van der Waals surface area (Å²) in [5.74, 6) is -0.766. The molecule has 0 unspecified atom stereocenters. The molecule has 0 spiro atoms. The Balaban J connectivity index is 1.64. The number of pyridine rings is 1. The molecule has 0 bridgehead atoms. The number of fused-ring (bicyclic) bond motifs is 2. The number of amides is 1. The standard InChI is InChI=1S/C25H28N4O3/c1-2-3-4-5-6-11-16-29-20-15-10-7-12-17(20)22(30)21(24(29)32)23(31)28-25-26-18-13-8-9-14-19(18)27-25/h7-10,12-15,30H,2-6,11,16H2,1H3,(H2,26,27,28,31). The number of H-pyrrole nitrogens is 1. The summed E-state index contributed by atoms with van der Waals surface area (Å²) in [6.07, 6.45) is 6.57. The monoisotopic (exact) mass is 432 g/mol. The van der Waals surface area contributed by atoms with Gasteiger partial charge in [-0.1, -0.05) is 63.3 Å².